The van der Waals surface area contributed by atoms with Crippen molar-refractivity contribution in [3.05, 3.63) is 30.1 Å². The third kappa shape index (κ3) is 2.58. The third-order valence-corrected chi connectivity index (χ3v) is 3.62. The van der Waals surface area contributed by atoms with E-state index < -0.39 is 0 Å². The van der Waals surface area contributed by atoms with Crippen LogP contribution >= 0.6 is 0 Å². The number of likely N-dealkylation sites (tertiary alicyclic amines) is 1. The van der Waals surface area contributed by atoms with E-state index in [1.54, 1.807) is 6.07 Å². The first kappa shape index (κ1) is 12.3. The van der Waals surface area contributed by atoms with Crippen LogP contribution in [0.2, 0.25) is 0 Å². The lowest BCUT2D eigenvalue weighted by Gasteiger charge is -2.30. The molecule has 2 unspecified atom stereocenters. The Morgan fingerprint density at radius 3 is 2.88 bits per heavy atom. The summed E-state index contributed by atoms with van der Waals surface area (Å²) in [5.41, 5.74) is 6.56. The maximum absolute atomic E-state index is 13.1. The number of benzene rings is 1. The van der Waals surface area contributed by atoms with Gasteiger partial charge >= 0.3 is 0 Å². The molecule has 1 aromatic rings. The summed E-state index contributed by atoms with van der Waals surface area (Å²) >= 11 is 0. The van der Waals surface area contributed by atoms with E-state index in [-0.39, 0.29) is 11.4 Å². The van der Waals surface area contributed by atoms with Gasteiger partial charge in [0, 0.05) is 24.8 Å². The monoisotopic (exact) mass is 237 g/mol. The molecule has 3 N–H and O–H groups in total. The van der Waals surface area contributed by atoms with Crippen LogP contribution in [-0.2, 0) is 0 Å². The maximum Gasteiger partial charge on any atom is 0.125 e. The first-order valence-corrected chi connectivity index (χ1v) is 5.99. The van der Waals surface area contributed by atoms with Crippen molar-refractivity contribution in [1.82, 2.24) is 4.90 Å². The van der Waals surface area contributed by atoms with E-state index in [1.807, 2.05) is 6.07 Å². The average molecular weight is 237 g/mol. The number of nitrogens with one attached hydrogen (secondary N) is 1. The molecule has 2 atom stereocenters. The number of anilines is 1. The quantitative estimate of drug-likeness (QED) is 0.840. The molecule has 0 amide bonds. The zero-order chi connectivity index (χ0) is 12.5. The van der Waals surface area contributed by atoms with Gasteiger partial charge in [0.2, 0.25) is 0 Å². The lowest BCUT2D eigenvalue weighted by Crippen LogP contribution is -2.47. The highest BCUT2D eigenvalue weighted by atomic mass is 19.1. The van der Waals surface area contributed by atoms with Gasteiger partial charge in [0.15, 0.2) is 0 Å². The Morgan fingerprint density at radius 1 is 1.59 bits per heavy atom. The minimum Gasteiger partial charge on any atom is -0.377 e. The van der Waals surface area contributed by atoms with E-state index in [1.165, 1.54) is 12.1 Å². The number of hydrogen-bond donors (Lipinski definition) is 2. The molecule has 0 saturated carbocycles. The predicted octanol–water partition coefficient (Wildman–Crippen LogP) is 1.66. The number of rotatable bonds is 3. The minimum atomic E-state index is -0.221. The van der Waals surface area contributed by atoms with Crippen molar-refractivity contribution in [2.24, 2.45) is 5.73 Å². The summed E-state index contributed by atoms with van der Waals surface area (Å²) in [5.74, 6) is -0.221. The zero-order valence-electron chi connectivity index (χ0n) is 10.4. The van der Waals surface area contributed by atoms with Crippen molar-refractivity contribution in [1.29, 1.82) is 0 Å². The molecule has 0 spiro atoms. The molecule has 1 aliphatic rings. The van der Waals surface area contributed by atoms with Gasteiger partial charge in [-0.15, -0.1) is 0 Å². The van der Waals surface area contributed by atoms with Crippen LogP contribution in [0.25, 0.3) is 0 Å². The molecule has 17 heavy (non-hydrogen) atoms. The van der Waals surface area contributed by atoms with Crippen molar-refractivity contribution < 1.29 is 4.39 Å². The Morgan fingerprint density at radius 2 is 2.35 bits per heavy atom. The summed E-state index contributed by atoms with van der Waals surface area (Å²) in [4.78, 5) is 2.28. The van der Waals surface area contributed by atoms with Crippen molar-refractivity contribution in [2.75, 3.05) is 25.5 Å². The van der Waals surface area contributed by atoms with Gasteiger partial charge in [-0.1, -0.05) is 6.07 Å². The highest BCUT2D eigenvalue weighted by Crippen LogP contribution is 2.28. The molecule has 94 valence electrons. The van der Waals surface area contributed by atoms with Crippen LogP contribution in [0.15, 0.2) is 24.3 Å². The standard InChI is InChI=1S/C13H20FN3/c1-10-7-13(8-15,9-17(10)2)16-12-5-3-4-11(14)6-12/h3-6,10,16H,7-9,15H2,1-2H3. The summed E-state index contributed by atoms with van der Waals surface area (Å²) in [6, 6.07) is 7.05. The van der Waals surface area contributed by atoms with E-state index in [4.69, 9.17) is 5.73 Å². The van der Waals surface area contributed by atoms with E-state index in [2.05, 4.69) is 24.2 Å². The van der Waals surface area contributed by atoms with Crippen molar-refractivity contribution in [3.8, 4) is 0 Å². The highest BCUT2D eigenvalue weighted by molar-refractivity contribution is 5.46. The summed E-state index contributed by atoms with van der Waals surface area (Å²) in [7, 11) is 2.09. The molecule has 3 nitrogen and oxygen atoms in total. The molecular formula is C13H20FN3. The van der Waals surface area contributed by atoms with Crippen LogP contribution in [0.5, 0.6) is 0 Å². The van der Waals surface area contributed by atoms with Crippen LogP contribution in [0, 0.1) is 5.82 Å². The molecule has 1 heterocycles. The van der Waals surface area contributed by atoms with Gasteiger partial charge < -0.3 is 16.0 Å². The van der Waals surface area contributed by atoms with Gasteiger partial charge in [0.05, 0.1) is 5.54 Å². The van der Waals surface area contributed by atoms with E-state index in [0.29, 0.717) is 12.6 Å². The number of nitrogens with two attached hydrogens (primary N) is 1. The fourth-order valence-corrected chi connectivity index (χ4v) is 2.58. The third-order valence-electron chi connectivity index (χ3n) is 3.62. The zero-order valence-corrected chi connectivity index (χ0v) is 10.4. The van der Waals surface area contributed by atoms with Crippen LogP contribution in [0.4, 0.5) is 10.1 Å². The number of likely N-dealkylation sites (N-methyl/N-ethyl adjacent to an activating group) is 1. The number of nitrogens with zero attached hydrogens (tertiary/aromatic N) is 1. The lowest BCUT2D eigenvalue weighted by molar-refractivity contribution is 0.323. The Hall–Kier alpha value is -1.13. The molecular weight excluding hydrogens is 217 g/mol. The van der Waals surface area contributed by atoms with Gasteiger partial charge in [-0.2, -0.15) is 0 Å². The summed E-state index contributed by atoms with van der Waals surface area (Å²) in [6.45, 7) is 3.63. The molecule has 0 radical (unpaired) electrons. The van der Waals surface area contributed by atoms with Gasteiger partial charge in [-0.25, -0.2) is 4.39 Å². The fraction of sp³-hybridized carbons (Fsp3) is 0.538. The molecule has 2 rings (SSSR count). The second kappa shape index (κ2) is 4.63. The first-order valence-electron chi connectivity index (χ1n) is 5.99. The summed E-state index contributed by atoms with van der Waals surface area (Å²) in [5, 5.41) is 3.40. The second-order valence-corrected chi connectivity index (χ2v) is 5.09. The van der Waals surface area contributed by atoms with E-state index in [9.17, 15) is 4.39 Å². The lowest BCUT2D eigenvalue weighted by atomic mass is 9.96. The molecule has 1 saturated heterocycles. The smallest absolute Gasteiger partial charge is 0.125 e. The average Bonchev–Trinajstić information content (AvgIpc) is 2.55. The van der Waals surface area contributed by atoms with Gasteiger partial charge in [-0.05, 0) is 38.6 Å². The normalized spacial score (nSPS) is 29.5. The number of hydrogen-bond acceptors (Lipinski definition) is 3. The van der Waals surface area contributed by atoms with Crippen molar-refractivity contribution >= 4 is 5.69 Å². The van der Waals surface area contributed by atoms with Gasteiger partial charge in [0.1, 0.15) is 5.82 Å². The molecule has 1 aromatic carbocycles. The van der Waals surface area contributed by atoms with Crippen LogP contribution in [-0.4, -0.2) is 36.6 Å². The Labute approximate surface area is 102 Å². The summed E-state index contributed by atoms with van der Waals surface area (Å²) < 4.78 is 13.1. The molecule has 0 aromatic heterocycles. The van der Waals surface area contributed by atoms with Crippen LogP contribution in [0.3, 0.4) is 0 Å². The number of halogens is 1. The molecule has 4 heteroatoms. The molecule has 1 fully saturated rings. The van der Waals surface area contributed by atoms with Gasteiger partial charge in [0.25, 0.3) is 0 Å². The van der Waals surface area contributed by atoms with Crippen molar-refractivity contribution in [2.45, 2.75) is 24.9 Å². The molecule has 1 aliphatic heterocycles. The second-order valence-electron chi connectivity index (χ2n) is 5.09. The first-order chi connectivity index (χ1) is 8.04. The van der Waals surface area contributed by atoms with E-state index >= 15 is 0 Å². The maximum atomic E-state index is 13.1. The minimum absolute atomic E-state index is 0.137. The van der Waals surface area contributed by atoms with E-state index in [0.717, 1.165) is 18.7 Å². The highest BCUT2D eigenvalue weighted by Gasteiger charge is 2.39. The SMILES string of the molecule is CC1CC(CN)(Nc2cccc(F)c2)CN1C. The molecule has 0 bridgehead atoms. The topological polar surface area (TPSA) is 41.3 Å². The largest absolute Gasteiger partial charge is 0.377 e. The fourth-order valence-electron chi connectivity index (χ4n) is 2.58. The molecule has 0 aliphatic carbocycles. The van der Waals surface area contributed by atoms with Crippen LogP contribution in [0.1, 0.15) is 13.3 Å². The predicted molar refractivity (Wildman–Crippen MR) is 68.5 cm³/mol. The Kier molecular flexibility index (Phi) is 3.35. The Bertz CT molecular complexity index is 384. The Balaban J connectivity index is 2.16. The van der Waals surface area contributed by atoms with Crippen molar-refractivity contribution in [3.63, 3.8) is 0 Å². The van der Waals surface area contributed by atoms with Gasteiger partial charge in [-0.3, -0.25) is 0 Å². The van der Waals surface area contributed by atoms with Crippen LogP contribution < -0.4 is 11.1 Å². The summed E-state index contributed by atoms with van der Waals surface area (Å²) in [6.07, 6.45) is 0.983.